The van der Waals surface area contributed by atoms with Crippen molar-refractivity contribution in [2.75, 3.05) is 13.2 Å². The SMILES string of the molecule is CC1NCCCC1NC(=O)CCCOc1ccccc1Cl. The highest BCUT2D eigenvalue weighted by molar-refractivity contribution is 6.32. The summed E-state index contributed by atoms with van der Waals surface area (Å²) in [4.78, 5) is 11.9. The van der Waals surface area contributed by atoms with Gasteiger partial charge in [-0.1, -0.05) is 23.7 Å². The molecule has 116 valence electrons. The summed E-state index contributed by atoms with van der Waals surface area (Å²) in [6.45, 7) is 3.65. The fraction of sp³-hybridized carbons (Fsp3) is 0.562. The molecule has 1 aromatic carbocycles. The average Bonchev–Trinajstić information content (AvgIpc) is 2.48. The number of carbonyl (C=O) groups is 1. The first kappa shape index (κ1) is 16.1. The van der Waals surface area contributed by atoms with Crippen molar-refractivity contribution in [1.29, 1.82) is 0 Å². The van der Waals surface area contributed by atoms with E-state index in [9.17, 15) is 4.79 Å². The van der Waals surface area contributed by atoms with Crippen LogP contribution in [0.5, 0.6) is 5.75 Å². The van der Waals surface area contributed by atoms with Crippen LogP contribution in [0.25, 0.3) is 0 Å². The molecule has 2 N–H and O–H groups in total. The Morgan fingerprint density at radius 1 is 1.48 bits per heavy atom. The van der Waals surface area contributed by atoms with E-state index >= 15 is 0 Å². The van der Waals surface area contributed by atoms with Gasteiger partial charge in [-0.15, -0.1) is 0 Å². The zero-order valence-electron chi connectivity index (χ0n) is 12.4. The van der Waals surface area contributed by atoms with Crippen molar-refractivity contribution in [3.8, 4) is 5.75 Å². The summed E-state index contributed by atoms with van der Waals surface area (Å²) in [5.74, 6) is 0.767. The van der Waals surface area contributed by atoms with Gasteiger partial charge in [-0.3, -0.25) is 4.79 Å². The van der Waals surface area contributed by atoms with Gasteiger partial charge >= 0.3 is 0 Å². The Morgan fingerprint density at radius 3 is 3.05 bits per heavy atom. The number of para-hydroxylation sites is 1. The molecule has 1 amide bonds. The zero-order valence-corrected chi connectivity index (χ0v) is 13.2. The minimum atomic E-state index is 0.0957. The number of amides is 1. The summed E-state index contributed by atoms with van der Waals surface area (Å²) < 4.78 is 5.57. The molecular formula is C16H23ClN2O2. The molecule has 1 heterocycles. The number of nitrogens with one attached hydrogen (secondary N) is 2. The van der Waals surface area contributed by atoms with Crippen molar-refractivity contribution in [3.05, 3.63) is 29.3 Å². The van der Waals surface area contributed by atoms with Crippen LogP contribution in [-0.4, -0.2) is 31.1 Å². The highest BCUT2D eigenvalue weighted by Gasteiger charge is 2.21. The summed E-state index contributed by atoms with van der Waals surface area (Å²) in [6.07, 6.45) is 3.33. The van der Waals surface area contributed by atoms with Crippen LogP contribution in [0.3, 0.4) is 0 Å². The fourth-order valence-corrected chi connectivity index (χ4v) is 2.69. The monoisotopic (exact) mass is 310 g/mol. The van der Waals surface area contributed by atoms with Gasteiger partial charge in [0.1, 0.15) is 5.75 Å². The van der Waals surface area contributed by atoms with Crippen LogP contribution in [-0.2, 0) is 4.79 Å². The quantitative estimate of drug-likeness (QED) is 0.794. The highest BCUT2D eigenvalue weighted by Crippen LogP contribution is 2.23. The number of carbonyl (C=O) groups excluding carboxylic acids is 1. The van der Waals surface area contributed by atoms with Crippen LogP contribution in [0.4, 0.5) is 0 Å². The number of ether oxygens (including phenoxy) is 1. The minimum absolute atomic E-state index is 0.0957. The maximum absolute atomic E-state index is 11.9. The minimum Gasteiger partial charge on any atom is -0.492 e. The van der Waals surface area contributed by atoms with Gasteiger partial charge in [-0.25, -0.2) is 0 Å². The first-order valence-electron chi connectivity index (χ1n) is 7.57. The summed E-state index contributed by atoms with van der Waals surface area (Å²) >= 11 is 6.00. The molecule has 0 aliphatic carbocycles. The molecule has 21 heavy (non-hydrogen) atoms. The molecule has 1 saturated heterocycles. The lowest BCUT2D eigenvalue weighted by Gasteiger charge is -2.30. The molecule has 2 unspecified atom stereocenters. The molecule has 0 radical (unpaired) electrons. The Labute approximate surface area is 131 Å². The van der Waals surface area contributed by atoms with Gasteiger partial charge in [0.15, 0.2) is 0 Å². The number of hydrogen-bond acceptors (Lipinski definition) is 3. The fourth-order valence-electron chi connectivity index (χ4n) is 2.50. The maximum atomic E-state index is 11.9. The Balaban J connectivity index is 1.64. The third-order valence-electron chi connectivity index (χ3n) is 3.75. The van der Waals surface area contributed by atoms with Crippen molar-refractivity contribution < 1.29 is 9.53 Å². The largest absolute Gasteiger partial charge is 0.492 e. The van der Waals surface area contributed by atoms with Crippen molar-refractivity contribution in [1.82, 2.24) is 10.6 Å². The lowest BCUT2D eigenvalue weighted by molar-refractivity contribution is -0.122. The van der Waals surface area contributed by atoms with Gasteiger partial charge in [0, 0.05) is 18.5 Å². The third kappa shape index (κ3) is 5.21. The Bertz CT molecular complexity index is 467. The Hall–Kier alpha value is -1.26. The molecule has 1 fully saturated rings. The molecule has 0 aromatic heterocycles. The van der Waals surface area contributed by atoms with E-state index in [1.807, 2.05) is 18.2 Å². The second-order valence-electron chi connectivity index (χ2n) is 5.44. The van der Waals surface area contributed by atoms with Crippen LogP contribution in [0.2, 0.25) is 5.02 Å². The summed E-state index contributed by atoms with van der Waals surface area (Å²) in [7, 11) is 0. The standard InChI is InChI=1S/C16H23ClN2O2/c1-12-14(7-4-10-18-12)19-16(20)9-5-11-21-15-8-3-2-6-13(15)17/h2-3,6,8,12,14,18H,4-5,7,9-11H2,1H3,(H,19,20). The van der Waals surface area contributed by atoms with Crippen LogP contribution in [0, 0.1) is 0 Å². The van der Waals surface area contributed by atoms with E-state index in [-0.39, 0.29) is 11.9 Å². The van der Waals surface area contributed by atoms with Gasteiger partial charge in [0.2, 0.25) is 5.91 Å². The van der Waals surface area contributed by atoms with E-state index in [0.717, 1.165) is 19.4 Å². The van der Waals surface area contributed by atoms with Crippen LogP contribution in [0.1, 0.15) is 32.6 Å². The number of hydrogen-bond donors (Lipinski definition) is 2. The molecule has 0 spiro atoms. The van der Waals surface area contributed by atoms with Crippen LogP contribution in [0.15, 0.2) is 24.3 Å². The number of benzene rings is 1. The zero-order chi connectivity index (χ0) is 15.1. The number of rotatable bonds is 6. The molecule has 1 aliphatic heterocycles. The van der Waals surface area contributed by atoms with E-state index in [2.05, 4.69) is 17.6 Å². The number of halogens is 1. The number of piperidine rings is 1. The summed E-state index contributed by atoms with van der Waals surface area (Å²) in [6, 6.07) is 7.96. The smallest absolute Gasteiger partial charge is 0.220 e. The predicted octanol–water partition coefficient (Wildman–Crippen LogP) is 2.76. The van der Waals surface area contributed by atoms with E-state index in [1.54, 1.807) is 6.07 Å². The molecule has 0 saturated carbocycles. The molecular weight excluding hydrogens is 288 g/mol. The van der Waals surface area contributed by atoms with Crippen molar-refractivity contribution in [2.45, 2.75) is 44.7 Å². The van der Waals surface area contributed by atoms with Gasteiger partial charge in [-0.2, -0.15) is 0 Å². The molecule has 4 nitrogen and oxygen atoms in total. The molecule has 0 bridgehead atoms. The van der Waals surface area contributed by atoms with Crippen LogP contribution >= 0.6 is 11.6 Å². The van der Waals surface area contributed by atoms with Gasteiger partial charge in [-0.05, 0) is 44.9 Å². The third-order valence-corrected chi connectivity index (χ3v) is 4.06. The van der Waals surface area contributed by atoms with Crippen molar-refractivity contribution in [3.63, 3.8) is 0 Å². The second kappa shape index (κ2) is 8.25. The molecule has 1 aliphatic rings. The van der Waals surface area contributed by atoms with E-state index in [1.165, 1.54) is 0 Å². The van der Waals surface area contributed by atoms with Crippen LogP contribution < -0.4 is 15.4 Å². The van der Waals surface area contributed by atoms with Gasteiger partial charge in [0.25, 0.3) is 0 Å². The summed E-state index contributed by atoms with van der Waals surface area (Å²) in [5.41, 5.74) is 0. The molecule has 1 aromatic rings. The predicted molar refractivity (Wildman–Crippen MR) is 84.8 cm³/mol. The molecule has 2 rings (SSSR count). The molecule has 2 atom stereocenters. The summed E-state index contributed by atoms with van der Waals surface area (Å²) in [5, 5.41) is 7.07. The van der Waals surface area contributed by atoms with E-state index in [4.69, 9.17) is 16.3 Å². The average molecular weight is 311 g/mol. The van der Waals surface area contributed by atoms with Crippen molar-refractivity contribution in [2.24, 2.45) is 0 Å². The second-order valence-corrected chi connectivity index (χ2v) is 5.85. The van der Waals surface area contributed by atoms with E-state index < -0.39 is 0 Å². The normalized spacial score (nSPS) is 21.8. The topological polar surface area (TPSA) is 50.4 Å². The van der Waals surface area contributed by atoms with Gasteiger partial charge < -0.3 is 15.4 Å². The first-order valence-corrected chi connectivity index (χ1v) is 7.94. The van der Waals surface area contributed by atoms with Gasteiger partial charge in [0.05, 0.1) is 11.6 Å². The molecule has 5 heteroatoms. The van der Waals surface area contributed by atoms with E-state index in [0.29, 0.717) is 36.3 Å². The Morgan fingerprint density at radius 2 is 2.29 bits per heavy atom. The lowest BCUT2D eigenvalue weighted by Crippen LogP contribution is -2.51. The van der Waals surface area contributed by atoms with Crippen molar-refractivity contribution >= 4 is 17.5 Å². The highest BCUT2D eigenvalue weighted by atomic mass is 35.5. The lowest BCUT2D eigenvalue weighted by atomic mass is 10.00. The Kier molecular flexibility index (Phi) is 6.33. The maximum Gasteiger partial charge on any atom is 0.220 e. The first-order chi connectivity index (χ1) is 10.2.